The van der Waals surface area contributed by atoms with Crippen LogP contribution < -0.4 is 0 Å². The predicted molar refractivity (Wildman–Crippen MR) is 144 cm³/mol. The smallest absolute Gasteiger partial charge is 0.228 e. The van der Waals surface area contributed by atoms with Gasteiger partial charge in [-0.15, -0.1) is 0 Å². The number of carbonyl (C=O) groups excluding carboxylic acids is 2. The molecule has 7 rings (SSSR count). The summed E-state index contributed by atoms with van der Waals surface area (Å²) in [5, 5.41) is 10.9. The van der Waals surface area contributed by atoms with E-state index in [-0.39, 0.29) is 17.1 Å². The Bertz CT molecular complexity index is 1950. The minimum absolute atomic E-state index is 0.111. The van der Waals surface area contributed by atoms with Gasteiger partial charge in [0.15, 0.2) is 22.8 Å². The largest absolute Gasteiger partial charge is 0.434 e. The minimum Gasteiger partial charge on any atom is -0.434 e. The molecule has 0 saturated heterocycles. The van der Waals surface area contributed by atoms with Gasteiger partial charge in [-0.05, 0) is 65.4 Å². The Morgan fingerprint density at radius 2 is 1.42 bits per heavy atom. The number of allylic oxidation sites excluding steroid dienone is 1. The van der Waals surface area contributed by atoms with Crippen molar-refractivity contribution in [2.24, 2.45) is 0 Å². The van der Waals surface area contributed by atoms with Crippen molar-refractivity contribution in [1.29, 1.82) is 5.26 Å². The van der Waals surface area contributed by atoms with Gasteiger partial charge < -0.3 is 4.42 Å². The molecule has 6 nitrogen and oxygen atoms in total. The fraction of sp³-hybridized carbons (Fsp3) is 0. The van der Waals surface area contributed by atoms with E-state index in [4.69, 9.17) is 14.7 Å². The van der Waals surface area contributed by atoms with Crippen LogP contribution in [0.2, 0.25) is 0 Å². The Morgan fingerprint density at radius 1 is 0.789 bits per heavy atom. The van der Waals surface area contributed by atoms with Gasteiger partial charge in [0.1, 0.15) is 0 Å². The molecule has 0 fully saturated rings. The number of hydrogen-bond acceptors (Lipinski definition) is 5. The molecule has 0 atom stereocenters. The Balaban J connectivity index is 1.38. The second-order valence-electron chi connectivity index (χ2n) is 9.10. The van der Waals surface area contributed by atoms with Crippen LogP contribution in [-0.2, 0) is 0 Å². The van der Waals surface area contributed by atoms with Crippen LogP contribution in [0.3, 0.4) is 0 Å². The molecule has 6 heteroatoms. The SMILES string of the molecule is N#Cc1ccc(-c2nc3c(cc(C=C4C(=O)c5cc6ccccc6cc5C4=O)n3-c3ccccc3)o2)cc1. The van der Waals surface area contributed by atoms with Gasteiger partial charge in [0.05, 0.1) is 22.9 Å². The number of carbonyl (C=O) groups is 2. The van der Waals surface area contributed by atoms with Crippen molar-refractivity contribution in [3.05, 3.63) is 125 Å². The van der Waals surface area contributed by atoms with Crippen LogP contribution >= 0.6 is 0 Å². The summed E-state index contributed by atoms with van der Waals surface area (Å²) in [6.07, 6.45) is 1.63. The summed E-state index contributed by atoms with van der Waals surface area (Å²) < 4.78 is 7.96. The van der Waals surface area contributed by atoms with E-state index in [1.807, 2.05) is 59.2 Å². The molecule has 2 aromatic heterocycles. The first-order chi connectivity index (χ1) is 18.6. The highest BCUT2D eigenvalue weighted by Gasteiger charge is 2.34. The molecule has 0 radical (unpaired) electrons. The fourth-order valence-corrected chi connectivity index (χ4v) is 4.95. The van der Waals surface area contributed by atoms with Gasteiger partial charge in [0.2, 0.25) is 5.89 Å². The van der Waals surface area contributed by atoms with E-state index in [9.17, 15) is 9.59 Å². The summed E-state index contributed by atoms with van der Waals surface area (Å²) in [5.41, 5.74) is 4.74. The average Bonchev–Trinajstić information content (AvgIpc) is 3.59. The molecule has 0 amide bonds. The summed E-state index contributed by atoms with van der Waals surface area (Å²) in [4.78, 5) is 31.5. The van der Waals surface area contributed by atoms with Gasteiger partial charge >= 0.3 is 0 Å². The van der Waals surface area contributed by atoms with Crippen LogP contribution in [0.5, 0.6) is 0 Å². The monoisotopic (exact) mass is 491 g/mol. The molecule has 1 aliphatic rings. The molecule has 6 aromatic rings. The first kappa shape index (κ1) is 21.7. The van der Waals surface area contributed by atoms with Crippen LogP contribution in [0.1, 0.15) is 32.0 Å². The Hall–Kier alpha value is -5.54. The maximum absolute atomic E-state index is 13.4. The molecular weight excluding hydrogens is 474 g/mol. The Kier molecular flexibility index (Phi) is 4.72. The van der Waals surface area contributed by atoms with Gasteiger partial charge in [0.25, 0.3) is 0 Å². The highest BCUT2D eigenvalue weighted by atomic mass is 16.3. The normalized spacial score (nSPS) is 12.8. The van der Waals surface area contributed by atoms with E-state index in [0.29, 0.717) is 39.5 Å². The number of nitrogens with zero attached hydrogens (tertiary/aromatic N) is 3. The lowest BCUT2D eigenvalue weighted by Crippen LogP contribution is -2.03. The molecular formula is C32H17N3O3. The van der Waals surface area contributed by atoms with E-state index in [1.165, 1.54) is 0 Å². The third-order valence-electron chi connectivity index (χ3n) is 6.82. The number of oxazole rings is 1. The van der Waals surface area contributed by atoms with Crippen molar-refractivity contribution in [2.75, 3.05) is 0 Å². The van der Waals surface area contributed by atoms with E-state index in [0.717, 1.165) is 22.0 Å². The average molecular weight is 492 g/mol. The predicted octanol–water partition coefficient (Wildman–Crippen LogP) is 6.77. The van der Waals surface area contributed by atoms with Crippen molar-refractivity contribution >= 4 is 39.6 Å². The van der Waals surface area contributed by atoms with Crippen molar-refractivity contribution in [3.8, 4) is 23.2 Å². The zero-order valence-corrected chi connectivity index (χ0v) is 19.9. The number of ketones is 2. The molecule has 2 heterocycles. The number of nitriles is 1. The van der Waals surface area contributed by atoms with Crippen molar-refractivity contribution in [3.63, 3.8) is 0 Å². The van der Waals surface area contributed by atoms with E-state index >= 15 is 0 Å². The van der Waals surface area contributed by atoms with E-state index < -0.39 is 0 Å². The molecule has 1 aliphatic carbocycles. The number of para-hydroxylation sites is 1. The molecule has 178 valence electrons. The maximum Gasteiger partial charge on any atom is 0.228 e. The lowest BCUT2D eigenvalue weighted by atomic mass is 10.0. The molecule has 0 bridgehead atoms. The van der Waals surface area contributed by atoms with Gasteiger partial charge in [-0.2, -0.15) is 10.2 Å². The van der Waals surface area contributed by atoms with Crippen molar-refractivity contribution in [1.82, 2.24) is 9.55 Å². The highest BCUT2D eigenvalue weighted by Crippen LogP contribution is 2.34. The minimum atomic E-state index is -0.292. The van der Waals surface area contributed by atoms with Crippen LogP contribution in [0.15, 0.2) is 107 Å². The zero-order chi connectivity index (χ0) is 25.8. The summed E-state index contributed by atoms with van der Waals surface area (Å²) in [6.45, 7) is 0. The standard InChI is InChI=1S/C32H17N3O3/c33-18-19-10-12-20(13-11-19)32-34-31-28(38-32)17-24(35(31)23-8-2-1-3-9-23)16-27-29(36)25-14-21-6-4-5-7-22(21)15-26(25)30(27)37/h1-17H. The summed E-state index contributed by atoms with van der Waals surface area (Å²) in [5.74, 6) is -0.172. The molecule has 0 saturated carbocycles. The molecule has 0 N–H and O–H groups in total. The van der Waals surface area contributed by atoms with Gasteiger partial charge in [0, 0.05) is 28.4 Å². The van der Waals surface area contributed by atoms with E-state index in [2.05, 4.69) is 6.07 Å². The van der Waals surface area contributed by atoms with Gasteiger partial charge in [-0.1, -0.05) is 42.5 Å². The lowest BCUT2D eigenvalue weighted by Gasteiger charge is -2.07. The number of benzene rings is 4. The second kappa shape index (κ2) is 8.26. The molecule has 0 unspecified atom stereocenters. The summed E-state index contributed by atoms with van der Waals surface area (Å²) in [7, 11) is 0. The third-order valence-corrected chi connectivity index (χ3v) is 6.82. The molecule has 38 heavy (non-hydrogen) atoms. The first-order valence-corrected chi connectivity index (χ1v) is 12.0. The number of rotatable bonds is 3. The van der Waals surface area contributed by atoms with Gasteiger partial charge in [-0.25, -0.2) is 0 Å². The lowest BCUT2D eigenvalue weighted by molar-refractivity contribution is 0.0990. The molecule has 0 spiro atoms. The number of hydrogen-bond donors (Lipinski definition) is 0. The van der Waals surface area contributed by atoms with Gasteiger partial charge in [-0.3, -0.25) is 14.2 Å². The van der Waals surface area contributed by atoms with Crippen LogP contribution in [0, 0.1) is 11.3 Å². The molecule has 0 aliphatic heterocycles. The third kappa shape index (κ3) is 3.30. The number of Topliss-reactive ketones (excluding diaryl/α,β-unsaturated/α-hetero) is 2. The van der Waals surface area contributed by atoms with Crippen molar-refractivity contribution in [2.45, 2.75) is 0 Å². The molecule has 4 aromatic carbocycles. The topological polar surface area (TPSA) is 88.9 Å². The van der Waals surface area contributed by atoms with Crippen molar-refractivity contribution < 1.29 is 14.0 Å². The maximum atomic E-state index is 13.4. The second-order valence-corrected chi connectivity index (χ2v) is 9.10. The zero-order valence-electron chi connectivity index (χ0n) is 19.9. The van der Waals surface area contributed by atoms with Crippen LogP contribution in [0.4, 0.5) is 0 Å². The van der Waals surface area contributed by atoms with E-state index in [1.54, 1.807) is 48.5 Å². The van der Waals surface area contributed by atoms with Crippen LogP contribution in [0.25, 0.3) is 45.2 Å². The highest BCUT2D eigenvalue weighted by molar-refractivity contribution is 6.42. The number of fused-ring (bicyclic) bond motifs is 3. The fourth-order valence-electron chi connectivity index (χ4n) is 4.95. The van der Waals surface area contributed by atoms with Crippen LogP contribution in [-0.4, -0.2) is 21.1 Å². The number of aromatic nitrogens is 2. The Labute approximate surface area is 216 Å². The Morgan fingerprint density at radius 3 is 2.05 bits per heavy atom. The first-order valence-electron chi connectivity index (χ1n) is 12.0. The quantitative estimate of drug-likeness (QED) is 0.201. The summed E-state index contributed by atoms with van der Waals surface area (Å²) in [6, 6.07) is 31.7. The summed E-state index contributed by atoms with van der Waals surface area (Å²) >= 11 is 0.